The van der Waals surface area contributed by atoms with E-state index in [0.29, 0.717) is 0 Å². The van der Waals surface area contributed by atoms with Gasteiger partial charge in [-0.15, -0.1) is 12.6 Å². The molecule has 1 atom stereocenters. The van der Waals surface area contributed by atoms with Crippen LogP contribution in [0.5, 0.6) is 0 Å². The van der Waals surface area contributed by atoms with E-state index in [1.807, 2.05) is 6.07 Å². The number of para-hydroxylation sites is 1. The minimum absolute atomic E-state index is 0.153. The van der Waals surface area contributed by atoms with Gasteiger partial charge in [0.15, 0.2) is 0 Å². The SMILES string of the molecule is SC(c1ccccc1)N1CCc2ccccc21. The van der Waals surface area contributed by atoms with E-state index in [0.717, 1.165) is 13.0 Å². The summed E-state index contributed by atoms with van der Waals surface area (Å²) in [5.41, 5.74) is 4.02. The van der Waals surface area contributed by atoms with E-state index in [9.17, 15) is 0 Å². The Hall–Kier alpha value is -1.41. The van der Waals surface area contributed by atoms with Crippen LogP contribution in [-0.4, -0.2) is 6.54 Å². The third-order valence-corrected chi connectivity index (χ3v) is 3.89. The number of rotatable bonds is 2. The molecular formula is C15H15NS. The lowest BCUT2D eigenvalue weighted by atomic mass is 10.1. The monoisotopic (exact) mass is 241 g/mol. The number of benzene rings is 2. The van der Waals surface area contributed by atoms with Crippen molar-refractivity contribution in [3.63, 3.8) is 0 Å². The average Bonchev–Trinajstić information content (AvgIpc) is 2.83. The van der Waals surface area contributed by atoms with Gasteiger partial charge >= 0.3 is 0 Å². The zero-order valence-corrected chi connectivity index (χ0v) is 10.5. The molecule has 0 saturated carbocycles. The topological polar surface area (TPSA) is 3.24 Å². The highest BCUT2D eigenvalue weighted by atomic mass is 32.1. The van der Waals surface area contributed by atoms with E-state index in [-0.39, 0.29) is 5.37 Å². The second-order valence-corrected chi connectivity index (χ2v) is 4.85. The molecule has 2 aromatic carbocycles. The molecule has 0 spiro atoms. The predicted octanol–water partition coefficient (Wildman–Crippen LogP) is 3.68. The molecule has 3 rings (SSSR count). The van der Waals surface area contributed by atoms with Gasteiger partial charge < -0.3 is 4.90 Å². The van der Waals surface area contributed by atoms with E-state index < -0.39 is 0 Å². The average molecular weight is 241 g/mol. The number of hydrogen-bond acceptors (Lipinski definition) is 2. The normalized spacial score (nSPS) is 15.7. The van der Waals surface area contributed by atoms with Crippen molar-refractivity contribution >= 4 is 18.3 Å². The molecule has 0 bridgehead atoms. The second-order valence-electron chi connectivity index (χ2n) is 4.36. The van der Waals surface area contributed by atoms with E-state index in [1.54, 1.807) is 0 Å². The summed E-state index contributed by atoms with van der Waals surface area (Å²) in [4.78, 5) is 2.37. The lowest BCUT2D eigenvalue weighted by Gasteiger charge is -2.26. The van der Waals surface area contributed by atoms with Gasteiger partial charge in [0.25, 0.3) is 0 Å². The zero-order chi connectivity index (χ0) is 11.7. The van der Waals surface area contributed by atoms with Gasteiger partial charge in [-0.2, -0.15) is 0 Å². The number of nitrogens with zero attached hydrogens (tertiary/aromatic N) is 1. The van der Waals surface area contributed by atoms with Crippen molar-refractivity contribution in [2.75, 3.05) is 11.4 Å². The maximum Gasteiger partial charge on any atom is 0.0977 e. The largest absolute Gasteiger partial charge is 0.355 e. The van der Waals surface area contributed by atoms with Gasteiger partial charge in [0, 0.05) is 12.2 Å². The molecule has 17 heavy (non-hydrogen) atoms. The van der Waals surface area contributed by atoms with Crippen molar-refractivity contribution in [3.8, 4) is 0 Å². The van der Waals surface area contributed by atoms with Crippen LogP contribution in [0.15, 0.2) is 54.6 Å². The number of thiol groups is 1. The third kappa shape index (κ3) is 1.93. The molecule has 1 unspecified atom stereocenters. The van der Waals surface area contributed by atoms with Gasteiger partial charge in [-0.05, 0) is 23.6 Å². The maximum absolute atomic E-state index is 4.77. The van der Waals surface area contributed by atoms with Crippen molar-refractivity contribution in [2.45, 2.75) is 11.8 Å². The standard InChI is InChI=1S/C15H15NS/c17-15(13-7-2-1-3-8-13)16-11-10-12-6-4-5-9-14(12)16/h1-9,15,17H,10-11H2. The van der Waals surface area contributed by atoms with Crippen molar-refractivity contribution in [2.24, 2.45) is 0 Å². The fourth-order valence-corrected chi connectivity index (χ4v) is 2.83. The Bertz CT molecular complexity index is 509. The minimum atomic E-state index is 0.153. The minimum Gasteiger partial charge on any atom is -0.355 e. The molecule has 0 aliphatic carbocycles. The molecule has 1 aliphatic heterocycles. The van der Waals surface area contributed by atoms with Gasteiger partial charge in [0.1, 0.15) is 0 Å². The van der Waals surface area contributed by atoms with Crippen LogP contribution in [0, 0.1) is 0 Å². The molecule has 2 heteroatoms. The fourth-order valence-electron chi connectivity index (χ4n) is 2.42. The van der Waals surface area contributed by atoms with E-state index in [2.05, 4.69) is 53.4 Å². The molecule has 86 valence electrons. The molecule has 0 amide bonds. The van der Waals surface area contributed by atoms with Gasteiger partial charge in [-0.3, -0.25) is 0 Å². The van der Waals surface area contributed by atoms with Gasteiger partial charge in [-0.1, -0.05) is 48.5 Å². The smallest absolute Gasteiger partial charge is 0.0977 e. The van der Waals surface area contributed by atoms with Crippen LogP contribution in [0.1, 0.15) is 16.5 Å². The second kappa shape index (κ2) is 4.46. The summed E-state index contributed by atoms with van der Waals surface area (Å²) in [5.74, 6) is 0. The van der Waals surface area contributed by atoms with Crippen molar-refractivity contribution in [1.29, 1.82) is 0 Å². The Labute approximate surface area is 107 Å². The van der Waals surface area contributed by atoms with Crippen LogP contribution >= 0.6 is 12.6 Å². The Morgan fingerprint density at radius 1 is 0.941 bits per heavy atom. The number of fused-ring (bicyclic) bond motifs is 1. The Balaban J connectivity index is 1.92. The van der Waals surface area contributed by atoms with E-state index >= 15 is 0 Å². The fraction of sp³-hybridized carbons (Fsp3) is 0.200. The summed E-state index contributed by atoms with van der Waals surface area (Å²) in [6.45, 7) is 1.06. The Morgan fingerprint density at radius 3 is 2.47 bits per heavy atom. The molecule has 0 radical (unpaired) electrons. The highest BCUT2D eigenvalue weighted by Crippen LogP contribution is 2.36. The van der Waals surface area contributed by atoms with Gasteiger partial charge in [0.2, 0.25) is 0 Å². The molecule has 0 fully saturated rings. The van der Waals surface area contributed by atoms with Crippen LogP contribution < -0.4 is 4.90 Å². The first-order chi connectivity index (χ1) is 8.36. The molecular weight excluding hydrogens is 226 g/mol. The molecule has 0 N–H and O–H groups in total. The van der Waals surface area contributed by atoms with E-state index in [1.165, 1.54) is 16.8 Å². The van der Waals surface area contributed by atoms with E-state index in [4.69, 9.17) is 12.6 Å². The molecule has 0 aromatic heterocycles. The lowest BCUT2D eigenvalue weighted by Crippen LogP contribution is -2.22. The van der Waals surface area contributed by atoms with Gasteiger partial charge in [-0.25, -0.2) is 0 Å². The first kappa shape index (κ1) is 10.7. The first-order valence-corrected chi connectivity index (χ1v) is 6.45. The van der Waals surface area contributed by atoms with Gasteiger partial charge in [0.05, 0.1) is 5.37 Å². The van der Waals surface area contributed by atoms with Crippen LogP contribution in [0.2, 0.25) is 0 Å². The third-order valence-electron chi connectivity index (χ3n) is 3.32. The lowest BCUT2D eigenvalue weighted by molar-refractivity contribution is 0.823. The van der Waals surface area contributed by atoms with Crippen LogP contribution in [0.3, 0.4) is 0 Å². The van der Waals surface area contributed by atoms with Crippen LogP contribution in [0.4, 0.5) is 5.69 Å². The Morgan fingerprint density at radius 2 is 1.65 bits per heavy atom. The number of anilines is 1. The van der Waals surface area contributed by atoms with Crippen LogP contribution in [0.25, 0.3) is 0 Å². The van der Waals surface area contributed by atoms with Crippen molar-refractivity contribution in [1.82, 2.24) is 0 Å². The zero-order valence-electron chi connectivity index (χ0n) is 9.58. The summed E-state index contributed by atoms with van der Waals surface area (Å²) in [5, 5.41) is 0.153. The first-order valence-electron chi connectivity index (χ1n) is 5.94. The molecule has 1 aliphatic rings. The summed E-state index contributed by atoms with van der Waals surface area (Å²) >= 11 is 4.77. The molecule has 2 aromatic rings. The van der Waals surface area contributed by atoms with Crippen molar-refractivity contribution in [3.05, 3.63) is 65.7 Å². The maximum atomic E-state index is 4.77. The summed E-state index contributed by atoms with van der Waals surface area (Å²) in [7, 11) is 0. The summed E-state index contributed by atoms with van der Waals surface area (Å²) < 4.78 is 0. The van der Waals surface area contributed by atoms with Crippen molar-refractivity contribution < 1.29 is 0 Å². The highest BCUT2D eigenvalue weighted by Gasteiger charge is 2.24. The summed E-state index contributed by atoms with van der Waals surface area (Å²) in [6.07, 6.45) is 1.13. The predicted molar refractivity (Wildman–Crippen MR) is 75.7 cm³/mol. The van der Waals surface area contributed by atoms with Crippen LogP contribution in [-0.2, 0) is 6.42 Å². The summed E-state index contributed by atoms with van der Waals surface area (Å²) in [6, 6.07) is 19.1. The number of hydrogen-bond donors (Lipinski definition) is 1. The molecule has 1 nitrogen and oxygen atoms in total. The highest BCUT2D eigenvalue weighted by molar-refractivity contribution is 7.80. The quantitative estimate of drug-likeness (QED) is 0.785. The Kier molecular flexibility index (Phi) is 2.81. The molecule has 1 heterocycles. The molecule has 0 saturated heterocycles.